The van der Waals surface area contributed by atoms with E-state index in [9.17, 15) is 23.3 Å². The van der Waals surface area contributed by atoms with E-state index in [0.29, 0.717) is 5.69 Å². The number of rotatable bonds is 3. The van der Waals surface area contributed by atoms with E-state index in [1.165, 1.54) is 0 Å². The summed E-state index contributed by atoms with van der Waals surface area (Å²) >= 11 is 5.57. The van der Waals surface area contributed by atoms with Crippen LogP contribution < -0.4 is 5.32 Å². The van der Waals surface area contributed by atoms with Crippen molar-refractivity contribution >= 4 is 28.8 Å². The van der Waals surface area contributed by atoms with Crippen molar-refractivity contribution in [2.75, 3.05) is 5.32 Å². The van der Waals surface area contributed by atoms with Crippen molar-refractivity contribution in [1.29, 1.82) is 0 Å². The molecule has 2 aromatic rings. The molecule has 134 valence electrons. The monoisotopic (exact) mass is 374 g/mol. The van der Waals surface area contributed by atoms with Gasteiger partial charge in [0.05, 0.1) is 4.92 Å². The lowest BCUT2D eigenvalue weighted by molar-refractivity contribution is -0.384. The van der Waals surface area contributed by atoms with Gasteiger partial charge in [0.25, 0.3) is 0 Å². The van der Waals surface area contributed by atoms with Gasteiger partial charge in [-0.05, 0) is 23.1 Å². The van der Waals surface area contributed by atoms with Gasteiger partial charge in [0, 0.05) is 5.69 Å². The second-order valence-electron chi connectivity index (χ2n) is 6.25. The number of nitrogens with zero attached hydrogens (tertiary/aromatic N) is 3. The second kappa shape index (κ2) is 6.47. The summed E-state index contributed by atoms with van der Waals surface area (Å²) < 4.78 is 38.6. The van der Waals surface area contributed by atoms with Crippen molar-refractivity contribution < 1.29 is 18.1 Å². The molecule has 0 fully saturated rings. The molecule has 0 saturated heterocycles. The predicted octanol–water partition coefficient (Wildman–Crippen LogP) is 5.10. The zero-order chi connectivity index (χ0) is 19.0. The average Bonchev–Trinajstić information content (AvgIpc) is 2.44. The minimum atomic E-state index is -4.89. The van der Waals surface area contributed by atoms with E-state index in [2.05, 4.69) is 15.3 Å². The predicted molar refractivity (Wildman–Crippen MR) is 87.1 cm³/mol. The van der Waals surface area contributed by atoms with Crippen LogP contribution in [0.1, 0.15) is 32.2 Å². The molecule has 0 aliphatic rings. The Kier molecular flexibility index (Phi) is 4.90. The Bertz CT molecular complexity index is 819. The molecule has 6 nitrogen and oxygen atoms in total. The highest BCUT2D eigenvalue weighted by Gasteiger charge is 2.38. The number of hydrogen-bond donors (Lipinski definition) is 1. The molecule has 1 aromatic carbocycles. The minimum absolute atomic E-state index is 0.218. The van der Waals surface area contributed by atoms with Crippen LogP contribution in [0.25, 0.3) is 0 Å². The summed E-state index contributed by atoms with van der Waals surface area (Å²) in [4.78, 5) is 16.4. The molecule has 0 aliphatic heterocycles. The number of nitrogens with one attached hydrogen (secondary N) is 1. The standard InChI is InChI=1S/C15H14ClF3N4O2/c1-14(2,3)8-5-4-6-9(7-8)20-12-10(23(24)25)11(16)21-13(22-12)15(17,18)19/h4-7H,1-3H3,(H,20,21,22). The summed E-state index contributed by atoms with van der Waals surface area (Å²) in [5.74, 6) is -2.18. The molecule has 0 radical (unpaired) electrons. The number of alkyl halides is 3. The Balaban J connectivity index is 2.55. The van der Waals surface area contributed by atoms with E-state index >= 15 is 0 Å². The van der Waals surface area contributed by atoms with E-state index in [1.54, 1.807) is 18.2 Å². The van der Waals surface area contributed by atoms with Crippen LogP contribution >= 0.6 is 11.6 Å². The van der Waals surface area contributed by atoms with Crippen LogP contribution in [0.3, 0.4) is 0 Å². The van der Waals surface area contributed by atoms with Crippen LogP contribution in [0.4, 0.5) is 30.4 Å². The Morgan fingerprint density at radius 3 is 2.36 bits per heavy atom. The fourth-order valence-electron chi connectivity index (χ4n) is 2.00. The second-order valence-corrected chi connectivity index (χ2v) is 6.60. The van der Waals surface area contributed by atoms with Crippen LogP contribution in [0, 0.1) is 10.1 Å². The van der Waals surface area contributed by atoms with Crippen LogP contribution in [0.15, 0.2) is 24.3 Å². The van der Waals surface area contributed by atoms with Gasteiger partial charge in [0.2, 0.25) is 16.8 Å². The maximum Gasteiger partial charge on any atom is 0.451 e. The van der Waals surface area contributed by atoms with Gasteiger partial charge < -0.3 is 5.32 Å². The van der Waals surface area contributed by atoms with Gasteiger partial charge in [-0.25, -0.2) is 4.98 Å². The van der Waals surface area contributed by atoms with Crippen molar-refractivity contribution in [2.24, 2.45) is 0 Å². The molecule has 2 rings (SSSR count). The molecular formula is C15H14ClF3N4O2. The summed E-state index contributed by atoms with van der Waals surface area (Å²) in [6.07, 6.45) is -4.89. The normalized spacial score (nSPS) is 12.1. The highest BCUT2D eigenvalue weighted by molar-refractivity contribution is 6.32. The number of halogens is 4. The average molecular weight is 375 g/mol. The third-order valence-electron chi connectivity index (χ3n) is 3.27. The highest BCUT2D eigenvalue weighted by Crippen LogP contribution is 2.36. The molecule has 1 heterocycles. The number of benzene rings is 1. The lowest BCUT2D eigenvalue weighted by Crippen LogP contribution is -2.14. The molecular weight excluding hydrogens is 361 g/mol. The molecule has 1 N–H and O–H groups in total. The third-order valence-corrected chi connectivity index (χ3v) is 3.53. The largest absolute Gasteiger partial charge is 0.451 e. The SMILES string of the molecule is CC(C)(C)c1cccc(Nc2nc(C(F)(F)F)nc(Cl)c2[N+](=O)[O-])c1. The van der Waals surface area contributed by atoms with Crippen LogP contribution in [-0.2, 0) is 11.6 Å². The first-order valence-electron chi connectivity index (χ1n) is 7.06. The van der Waals surface area contributed by atoms with Crippen molar-refractivity contribution in [2.45, 2.75) is 32.4 Å². The fraction of sp³-hybridized carbons (Fsp3) is 0.333. The van der Waals surface area contributed by atoms with Gasteiger partial charge in [-0.2, -0.15) is 18.2 Å². The molecule has 1 aromatic heterocycles. The minimum Gasteiger partial charge on any atom is -0.334 e. The Morgan fingerprint density at radius 2 is 1.84 bits per heavy atom. The lowest BCUT2D eigenvalue weighted by Gasteiger charge is -2.20. The van der Waals surface area contributed by atoms with Crippen molar-refractivity contribution in [3.8, 4) is 0 Å². The summed E-state index contributed by atoms with van der Waals surface area (Å²) in [6, 6.07) is 6.76. The molecule has 0 amide bonds. The smallest absolute Gasteiger partial charge is 0.334 e. The highest BCUT2D eigenvalue weighted by atomic mass is 35.5. The maximum absolute atomic E-state index is 12.9. The van der Waals surface area contributed by atoms with Gasteiger partial charge >= 0.3 is 11.9 Å². The molecule has 10 heteroatoms. The number of nitro groups is 1. The quantitative estimate of drug-likeness (QED) is 0.459. The van der Waals surface area contributed by atoms with Crippen molar-refractivity contribution in [3.05, 3.63) is 50.9 Å². The van der Waals surface area contributed by atoms with Gasteiger partial charge in [0.15, 0.2) is 0 Å². The number of anilines is 2. The number of hydrogen-bond acceptors (Lipinski definition) is 5. The zero-order valence-electron chi connectivity index (χ0n) is 13.5. The Labute approximate surface area is 146 Å². The van der Waals surface area contributed by atoms with E-state index in [0.717, 1.165) is 5.56 Å². The maximum atomic E-state index is 12.9. The molecule has 0 bridgehead atoms. The van der Waals surface area contributed by atoms with Crippen LogP contribution in [0.2, 0.25) is 5.15 Å². The molecule has 0 spiro atoms. The summed E-state index contributed by atoms with van der Waals surface area (Å²) in [5.41, 5.74) is 0.190. The van der Waals surface area contributed by atoms with Crippen molar-refractivity contribution in [3.63, 3.8) is 0 Å². The van der Waals surface area contributed by atoms with E-state index in [1.807, 2.05) is 26.8 Å². The van der Waals surface area contributed by atoms with Gasteiger partial charge in [-0.3, -0.25) is 10.1 Å². The first-order valence-corrected chi connectivity index (χ1v) is 7.44. The molecule has 0 saturated carbocycles. The Morgan fingerprint density at radius 1 is 1.20 bits per heavy atom. The van der Waals surface area contributed by atoms with Crippen LogP contribution in [-0.4, -0.2) is 14.9 Å². The lowest BCUT2D eigenvalue weighted by atomic mass is 9.87. The topological polar surface area (TPSA) is 81.0 Å². The van der Waals surface area contributed by atoms with Gasteiger partial charge in [-0.15, -0.1) is 0 Å². The summed E-state index contributed by atoms with van der Waals surface area (Å²) in [7, 11) is 0. The first-order chi connectivity index (χ1) is 11.4. The molecule has 25 heavy (non-hydrogen) atoms. The van der Waals surface area contributed by atoms with Gasteiger partial charge in [-0.1, -0.05) is 44.5 Å². The molecule has 0 unspecified atom stereocenters. The zero-order valence-corrected chi connectivity index (χ0v) is 14.2. The fourth-order valence-corrected chi connectivity index (χ4v) is 2.24. The number of aromatic nitrogens is 2. The van der Waals surface area contributed by atoms with Gasteiger partial charge in [0.1, 0.15) is 0 Å². The van der Waals surface area contributed by atoms with Crippen LogP contribution in [0.5, 0.6) is 0 Å². The van der Waals surface area contributed by atoms with Crippen molar-refractivity contribution in [1.82, 2.24) is 9.97 Å². The van der Waals surface area contributed by atoms with E-state index in [-0.39, 0.29) is 5.41 Å². The summed E-state index contributed by atoms with van der Waals surface area (Å²) in [6.45, 7) is 5.87. The third kappa shape index (κ3) is 4.36. The molecule has 0 atom stereocenters. The summed E-state index contributed by atoms with van der Waals surface area (Å²) in [5, 5.41) is 12.8. The van der Waals surface area contributed by atoms with E-state index < -0.39 is 33.6 Å². The molecule has 0 aliphatic carbocycles. The Hall–Kier alpha value is -2.42. The first kappa shape index (κ1) is 18.9. The van der Waals surface area contributed by atoms with E-state index in [4.69, 9.17) is 11.6 Å².